The second-order valence-electron chi connectivity index (χ2n) is 5.65. The molecule has 0 bridgehead atoms. The third kappa shape index (κ3) is 2.81. The lowest BCUT2D eigenvalue weighted by Crippen LogP contribution is -2.49. The Balaban J connectivity index is 1.70. The fraction of sp³-hybridized carbons (Fsp3) is 0.714. The molecule has 5 nitrogen and oxygen atoms in total. The summed E-state index contributed by atoms with van der Waals surface area (Å²) >= 11 is 0. The maximum absolute atomic E-state index is 12.6. The number of rotatable bonds is 4. The summed E-state index contributed by atoms with van der Waals surface area (Å²) in [6, 6.07) is 0.461. The Bertz CT molecular complexity index is 446. The van der Waals surface area contributed by atoms with E-state index in [9.17, 15) is 4.79 Å². The number of nitrogens with one attached hydrogen (secondary N) is 1. The number of imidazole rings is 1. The number of carbonyl (C=O) groups is 1. The van der Waals surface area contributed by atoms with Crippen LogP contribution in [0.5, 0.6) is 0 Å². The first kappa shape index (κ1) is 12.7. The molecular weight excluding hydrogens is 240 g/mol. The summed E-state index contributed by atoms with van der Waals surface area (Å²) in [6.45, 7) is 1.61. The van der Waals surface area contributed by atoms with Gasteiger partial charge in [0.05, 0.1) is 12.6 Å². The Kier molecular flexibility index (Phi) is 3.55. The Labute approximate surface area is 114 Å². The summed E-state index contributed by atoms with van der Waals surface area (Å²) in [7, 11) is 1.98. The molecule has 104 valence electrons. The largest absolute Gasteiger partial charge is 0.337 e. The van der Waals surface area contributed by atoms with Crippen LogP contribution in [0.1, 0.15) is 37.9 Å². The number of piperidine rings is 1. The predicted molar refractivity (Wildman–Crippen MR) is 72.4 cm³/mol. The van der Waals surface area contributed by atoms with E-state index in [1.807, 2.05) is 22.7 Å². The molecule has 5 heteroatoms. The topological polar surface area (TPSA) is 50.2 Å². The molecule has 1 aromatic heterocycles. The van der Waals surface area contributed by atoms with Gasteiger partial charge in [-0.1, -0.05) is 6.42 Å². The second-order valence-corrected chi connectivity index (χ2v) is 5.65. The van der Waals surface area contributed by atoms with Crippen LogP contribution in [0.25, 0.3) is 0 Å². The number of amides is 1. The van der Waals surface area contributed by atoms with Crippen molar-refractivity contribution in [3.05, 3.63) is 18.2 Å². The summed E-state index contributed by atoms with van der Waals surface area (Å²) in [5.41, 5.74) is 0. The molecule has 2 aliphatic rings. The highest BCUT2D eigenvalue weighted by Gasteiger charge is 2.36. The molecule has 1 aliphatic heterocycles. The lowest BCUT2D eigenvalue weighted by molar-refractivity contribution is -0.135. The molecule has 0 unspecified atom stereocenters. The number of aromatic nitrogens is 2. The van der Waals surface area contributed by atoms with Crippen LogP contribution in [0.3, 0.4) is 0 Å². The Hall–Kier alpha value is -1.36. The summed E-state index contributed by atoms with van der Waals surface area (Å²) in [6.07, 6.45) is 9.33. The van der Waals surface area contributed by atoms with Crippen LogP contribution in [0.15, 0.2) is 12.4 Å². The van der Waals surface area contributed by atoms with Crippen molar-refractivity contribution in [2.75, 3.05) is 6.54 Å². The van der Waals surface area contributed by atoms with Gasteiger partial charge in [0, 0.05) is 25.5 Å². The van der Waals surface area contributed by atoms with Crippen LogP contribution in [0, 0.1) is 0 Å². The van der Waals surface area contributed by atoms with E-state index in [2.05, 4.69) is 10.3 Å². The Morgan fingerprint density at radius 1 is 1.47 bits per heavy atom. The van der Waals surface area contributed by atoms with Gasteiger partial charge in [-0.3, -0.25) is 4.79 Å². The van der Waals surface area contributed by atoms with E-state index in [0.29, 0.717) is 12.6 Å². The number of nitrogens with zero attached hydrogens (tertiary/aromatic N) is 3. The molecule has 2 heterocycles. The van der Waals surface area contributed by atoms with Gasteiger partial charge < -0.3 is 14.8 Å². The first-order chi connectivity index (χ1) is 9.25. The van der Waals surface area contributed by atoms with Gasteiger partial charge >= 0.3 is 0 Å². The number of hydrogen-bond donors (Lipinski definition) is 1. The van der Waals surface area contributed by atoms with Gasteiger partial charge in [-0.15, -0.1) is 0 Å². The van der Waals surface area contributed by atoms with E-state index >= 15 is 0 Å². The predicted octanol–water partition coefficient (Wildman–Crippen LogP) is 1.05. The molecule has 19 heavy (non-hydrogen) atoms. The molecule has 0 radical (unpaired) electrons. The third-order valence-corrected chi connectivity index (χ3v) is 4.11. The van der Waals surface area contributed by atoms with Crippen molar-refractivity contribution < 1.29 is 4.79 Å². The molecule has 0 aromatic carbocycles. The Morgan fingerprint density at radius 3 is 2.89 bits per heavy atom. The van der Waals surface area contributed by atoms with Crippen molar-refractivity contribution in [3.8, 4) is 0 Å². The van der Waals surface area contributed by atoms with Crippen molar-refractivity contribution in [1.29, 1.82) is 0 Å². The molecular formula is C14H22N4O. The third-order valence-electron chi connectivity index (χ3n) is 4.11. The zero-order valence-electron chi connectivity index (χ0n) is 11.5. The van der Waals surface area contributed by atoms with Gasteiger partial charge in [0.1, 0.15) is 5.82 Å². The van der Waals surface area contributed by atoms with E-state index < -0.39 is 0 Å². The van der Waals surface area contributed by atoms with Crippen molar-refractivity contribution in [2.24, 2.45) is 7.05 Å². The minimum atomic E-state index is 0.0228. The lowest BCUT2D eigenvalue weighted by atomic mass is 10.0. The quantitative estimate of drug-likeness (QED) is 0.882. The van der Waals surface area contributed by atoms with Crippen LogP contribution in [-0.2, 0) is 18.4 Å². The highest BCUT2D eigenvalue weighted by Crippen LogP contribution is 2.29. The monoisotopic (exact) mass is 262 g/mol. The minimum Gasteiger partial charge on any atom is -0.337 e. The summed E-state index contributed by atoms with van der Waals surface area (Å²) in [4.78, 5) is 19.0. The smallest absolute Gasteiger partial charge is 0.240 e. The lowest BCUT2D eigenvalue weighted by Gasteiger charge is -2.30. The molecule has 2 fully saturated rings. The van der Waals surface area contributed by atoms with Crippen LogP contribution >= 0.6 is 0 Å². The van der Waals surface area contributed by atoms with E-state index in [-0.39, 0.29) is 11.9 Å². The van der Waals surface area contributed by atoms with E-state index in [4.69, 9.17) is 0 Å². The summed E-state index contributed by atoms with van der Waals surface area (Å²) in [5.74, 6) is 1.24. The zero-order chi connectivity index (χ0) is 13.2. The van der Waals surface area contributed by atoms with Gasteiger partial charge in [0.2, 0.25) is 5.91 Å². The number of hydrogen-bond acceptors (Lipinski definition) is 3. The van der Waals surface area contributed by atoms with Crippen molar-refractivity contribution >= 4 is 5.91 Å². The molecule has 1 N–H and O–H groups in total. The van der Waals surface area contributed by atoms with E-state index in [1.54, 1.807) is 6.20 Å². The average Bonchev–Trinajstić information content (AvgIpc) is 3.20. The maximum atomic E-state index is 12.6. The highest BCUT2D eigenvalue weighted by atomic mass is 16.2. The van der Waals surface area contributed by atoms with Gasteiger partial charge in [-0.2, -0.15) is 0 Å². The van der Waals surface area contributed by atoms with Crippen molar-refractivity contribution in [3.63, 3.8) is 0 Å². The number of carbonyl (C=O) groups excluding carboxylic acids is 1. The summed E-state index contributed by atoms with van der Waals surface area (Å²) in [5, 5.41) is 3.36. The second kappa shape index (κ2) is 5.33. The standard InChI is InChI=1S/C14H22N4O/c1-17-9-8-16-13(17)10-18(11-5-6-11)14(19)12-4-2-3-7-15-12/h8-9,11-12,15H,2-7,10H2,1H3/t12-/m0/s1. The molecule has 1 atom stereocenters. The average molecular weight is 262 g/mol. The molecule has 1 amide bonds. The first-order valence-corrected chi connectivity index (χ1v) is 7.26. The molecule has 3 rings (SSSR count). The van der Waals surface area contributed by atoms with Crippen molar-refractivity contribution in [1.82, 2.24) is 19.8 Å². The van der Waals surface area contributed by atoms with Crippen LogP contribution in [-0.4, -0.2) is 39.0 Å². The van der Waals surface area contributed by atoms with Gasteiger partial charge in [-0.05, 0) is 32.2 Å². The molecule has 1 saturated heterocycles. The van der Waals surface area contributed by atoms with Gasteiger partial charge in [0.15, 0.2) is 0 Å². The molecule has 0 spiro atoms. The highest BCUT2D eigenvalue weighted by molar-refractivity contribution is 5.82. The zero-order valence-corrected chi connectivity index (χ0v) is 11.5. The van der Waals surface area contributed by atoms with Crippen LogP contribution in [0.4, 0.5) is 0 Å². The SMILES string of the molecule is Cn1ccnc1CN(C(=O)[C@@H]1CCCCN1)C1CC1. The van der Waals surface area contributed by atoms with Gasteiger partial charge in [0.25, 0.3) is 0 Å². The van der Waals surface area contributed by atoms with Crippen LogP contribution in [0.2, 0.25) is 0 Å². The normalized spacial score (nSPS) is 23.3. The maximum Gasteiger partial charge on any atom is 0.240 e. The molecule has 1 aromatic rings. The fourth-order valence-electron chi connectivity index (χ4n) is 2.74. The minimum absolute atomic E-state index is 0.0228. The molecule has 1 saturated carbocycles. The molecule has 1 aliphatic carbocycles. The van der Waals surface area contributed by atoms with E-state index in [0.717, 1.165) is 38.1 Å². The van der Waals surface area contributed by atoms with Gasteiger partial charge in [-0.25, -0.2) is 4.98 Å². The van der Waals surface area contributed by atoms with Crippen molar-refractivity contribution in [2.45, 2.75) is 50.7 Å². The van der Waals surface area contributed by atoms with E-state index in [1.165, 1.54) is 6.42 Å². The van der Waals surface area contributed by atoms with Crippen LogP contribution < -0.4 is 5.32 Å². The first-order valence-electron chi connectivity index (χ1n) is 7.26. The number of aryl methyl sites for hydroxylation is 1. The fourth-order valence-corrected chi connectivity index (χ4v) is 2.74. The summed E-state index contributed by atoms with van der Waals surface area (Å²) < 4.78 is 2.00. The Morgan fingerprint density at radius 2 is 2.32 bits per heavy atom.